The number of hydrogen-bond donors (Lipinski definition) is 1. The molecule has 1 N–H and O–H groups in total. The van der Waals surface area contributed by atoms with Crippen LogP contribution in [0.4, 0.5) is 4.39 Å². The van der Waals surface area contributed by atoms with Gasteiger partial charge in [-0.2, -0.15) is 0 Å². The van der Waals surface area contributed by atoms with Gasteiger partial charge in [0.25, 0.3) is 0 Å². The number of halogens is 2. The fourth-order valence-corrected chi connectivity index (χ4v) is 2.46. The minimum absolute atomic E-state index is 0.159. The lowest BCUT2D eigenvalue weighted by Crippen LogP contribution is -2.20. The zero-order chi connectivity index (χ0) is 12.6. The van der Waals surface area contributed by atoms with Crippen molar-refractivity contribution in [2.75, 3.05) is 7.11 Å². The van der Waals surface area contributed by atoms with Crippen LogP contribution in [0.3, 0.4) is 0 Å². The molecule has 3 nitrogen and oxygen atoms in total. The summed E-state index contributed by atoms with van der Waals surface area (Å²) in [4.78, 5) is 11.2. The first-order valence-electron chi connectivity index (χ1n) is 5.22. The van der Waals surface area contributed by atoms with Gasteiger partial charge in [-0.25, -0.2) is 4.39 Å². The third kappa shape index (κ3) is 2.09. The highest BCUT2D eigenvalue weighted by Crippen LogP contribution is 2.49. The lowest BCUT2D eigenvalue weighted by atomic mass is 9.95. The van der Waals surface area contributed by atoms with Gasteiger partial charge >= 0.3 is 5.97 Å². The number of hydrogen-bond acceptors (Lipinski definition) is 2. The number of ether oxygens (including phenoxy) is 1. The Morgan fingerprint density at radius 3 is 2.65 bits per heavy atom. The van der Waals surface area contributed by atoms with Crippen molar-refractivity contribution in [3.63, 3.8) is 0 Å². The maximum absolute atomic E-state index is 13.8. The van der Waals surface area contributed by atoms with Gasteiger partial charge in [-0.05, 0) is 30.5 Å². The van der Waals surface area contributed by atoms with Gasteiger partial charge in [-0.15, -0.1) is 0 Å². The van der Waals surface area contributed by atoms with Crippen molar-refractivity contribution in [1.29, 1.82) is 0 Å². The van der Waals surface area contributed by atoms with Crippen LogP contribution in [0.1, 0.15) is 24.0 Å². The molecule has 2 rings (SSSR count). The Kier molecular flexibility index (Phi) is 3.23. The number of aliphatic carboxylic acids is 1. The van der Waals surface area contributed by atoms with Crippen molar-refractivity contribution in [2.45, 2.75) is 24.9 Å². The van der Waals surface area contributed by atoms with E-state index in [0.29, 0.717) is 28.4 Å². The summed E-state index contributed by atoms with van der Waals surface area (Å²) in [7, 11) is 1.49. The molecule has 5 heteroatoms. The minimum Gasteiger partial charge on any atom is -0.481 e. The van der Waals surface area contributed by atoms with Gasteiger partial charge in [0.05, 0.1) is 12.0 Å². The van der Waals surface area contributed by atoms with Crippen molar-refractivity contribution in [2.24, 2.45) is 0 Å². The molecule has 0 aliphatic heterocycles. The third-order valence-corrected chi connectivity index (χ3v) is 3.85. The van der Waals surface area contributed by atoms with Crippen LogP contribution in [-0.2, 0) is 21.6 Å². The predicted molar refractivity (Wildman–Crippen MR) is 63.4 cm³/mol. The molecule has 0 heterocycles. The second kappa shape index (κ2) is 4.38. The Balaban J connectivity index is 2.43. The van der Waals surface area contributed by atoms with Gasteiger partial charge in [0.2, 0.25) is 0 Å². The minimum atomic E-state index is -0.886. The number of benzene rings is 1. The summed E-state index contributed by atoms with van der Waals surface area (Å²) < 4.78 is 19.3. The van der Waals surface area contributed by atoms with E-state index in [1.165, 1.54) is 13.2 Å². The molecule has 1 aromatic rings. The first-order valence-corrected chi connectivity index (χ1v) is 6.01. The molecule has 0 amide bonds. The van der Waals surface area contributed by atoms with E-state index >= 15 is 0 Å². The van der Waals surface area contributed by atoms with Crippen LogP contribution in [0.5, 0.6) is 0 Å². The van der Waals surface area contributed by atoms with E-state index in [4.69, 9.17) is 9.84 Å². The van der Waals surface area contributed by atoms with Gasteiger partial charge < -0.3 is 9.84 Å². The van der Waals surface area contributed by atoms with E-state index in [0.717, 1.165) is 0 Å². The average Bonchev–Trinajstić information content (AvgIpc) is 3.04. The molecular weight excluding hydrogens is 291 g/mol. The molecule has 0 bridgehead atoms. The first-order chi connectivity index (χ1) is 8.01. The van der Waals surface area contributed by atoms with Crippen molar-refractivity contribution < 1.29 is 19.0 Å². The van der Waals surface area contributed by atoms with Crippen LogP contribution in [0.15, 0.2) is 16.6 Å². The van der Waals surface area contributed by atoms with E-state index in [1.54, 1.807) is 6.07 Å². The normalized spacial score (nSPS) is 16.9. The van der Waals surface area contributed by atoms with E-state index in [-0.39, 0.29) is 6.61 Å². The molecule has 0 aromatic heterocycles. The predicted octanol–water partition coefficient (Wildman–Crippen LogP) is 2.85. The summed E-state index contributed by atoms with van der Waals surface area (Å²) in [6, 6.07) is 2.98. The summed E-state index contributed by atoms with van der Waals surface area (Å²) in [5.41, 5.74) is 0.0567. The molecule has 17 heavy (non-hydrogen) atoms. The molecule has 1 aliphatic carbocycles. The van der Waals surface area contributed by atoms with Crippen molar-refractivity contribution >= 4 is 21.9 Å². The SMILES string of the molecule is COCc1c(F)cc(C2(C(=O)O)CC2)cc1Br. The van der Waals surface area contributed by atoms with Crippen LogP contribution in [0, 0.1) is 5.82 Å². The number of carbonyl (C=O) groups is 1. The number of rotatable bonds is 4. The molecule has 1 aliphatic rings. The van der Waals surface area contributed by atoms with E-state index < -0.39 is 17.2 Å². The van der Waals surface area contributed by atoms with E-state index in [2.05, 4.69) is 15.9 Å². The summed E-state index contributed by atoms with van der Waals surface area (Å²) in [5, 5.41) is 9.15. The number of methoxy groups -OCH3 is 1. The Bertz CT molecular complexity index is 446. The summed E-state index contributed by atoms with van der Waals surface area (Å²) in [6.45, 7) is 0.159. The molecule has 0 radical (unpaired) electrons. The first kappa shape index (κ1) is 12.5. The Labute approximate surface area is 107 Å². The van der Waals surface area contributed by atoms with Gasteiger partial charge in [-0.1, -0.05) is 15.9 Å². The highest BCUT2D eigenvalue weighted by Gasteiger charge is 2.52. The second-order valence-electron chi connectivity index (χ2n) is 4.24. The summed E-state index contributed by atoms with van der Waals surface area (Å²) in [5.74, 6) is -1.31. The van der Waals surface area contributed by atoms with Gasteiger partial charge in [-0.3, -0.25) is 4.79 Å². The average molecular weight is 303 g/mol. The second-order valence-corrected chi connectivity index (χ2v) is 5.09. The maximum atomic E-state index is 13.8. The topological polar surface area (TPSA) is 46.5 Å². The monoisotopic (exact) mass is 302 g/mol. The maximum Gasteiger partial charge on any atom is 0.314 e. The van der Waals surface area contributed by atoms with Crippen molar-refractivity contribution in [3.8, 4) is 0 Å². The molecule has 0 spiro atoms. The van der Waals surface area contributed by atoms with Crippen molar-refractivity contribution in [1.82, 2.24) is 0 Å². The van der Waals surface area contributed by atoms with E-state index in [9.17, 15) is 9.18 Å². The standard InChI is InChI=1S/C12H12BrFO3/c1-17-6-8-9(13)4-7(5-10(8)14)12(2-3-12)11(15)16/h4-5H,2-3,6H2,1H3,(H,15,16). The zero-order valence-electron chi connectivity index (χ0n) is 9.30. The lowest BCUT2D eigenvalue weighted by molar-refractivity contribution is -0.140. The van der Waals surface area contributed by atoms with Gasteiger partial charge in [0.1, 0.15) is 5.82 Å². The smallest absolute Gasteiger partial charge is 0.314 e. The molecule has 1 aromatic carbocycles. The van der Waals surface area contributed by atoms with Crippen molar-refractivity contribution in [3.05, 3.63) is 33.5 Å². The molecular formula is C12H12BrFO3. The number of carboxylic acid groups (broad SMARTS) is 1. The lowest BCUT2D eigenvalue weighted by Gasteiger charge is -2.13. The van der Waals surface area contributed by atoms with Crippen LogP contribution < -0.4 is 0 Å². The van der Waals surface area contributed by atoms with Gasteiger partial charge in [0, 0.05) is 17.1 Å². The molecule has 0 atom stereocenters. The summed E-state index contributed by atoms with van der Waals surface area (Å²) >= 11 is 3.26. The fraction of sp³-hybridized carbons (Fsp3) is 0.417. The summed E-state index contributed by atoms with van der Waals surface area (Å²) in [6.07, 6.45) is 1.13. The molecule has 0 unspecified atom stereocenters. The zero-order valence-corrected chi connectivity index (χ0v) is 10.9. The highest BCUT2D eigenvalue weighted by atomic mass is 79.9. The highest BCUT2D eigenvalue weighted by molar-refractivity contribution is 9.10. The van der Waals surface area contributed by atoms with E-state index in [1.807, 2.05) is 0 Å². The largest absolute Gasteiger partial charge is 0.481 e. The van der Waals surface area contributed by atoms with Gasteiger partial charge in [0.15, 0.2) is 0 Å². The molecule has 0 saturated heterocycles. The number of carboxylic acids is 1. The fourth-order valence-electron chi connectivity index (χ4n) is 1.91. The Morgan fingerprint density at radius 2 is 2.24 bits per heavy atom. The van der Waals surface area contributed by atoms with Crippen LogP contribution in [-0.4, -0.2) is 18.2 Å². The van der Waals surface area contributed by atoms with Crippen LogP contribution in [0.2, 0.25) is 0 Å². The Hall–Kier alpha value is -0.940. The van der Waals surface area contributed by atoms with Crippen LogP contribution in [0.25, 0.3) is 0 Å². The molecule has 1 fully saturated rings. The molecule has 1 saturated carbocycles. The van der Waals surface area contributed by atoms with Crippen LogP contribution >= 0.6 is 15.9 Å². The third-order valence-electron chi connectivity index (χ3n) is 3.14. The quantitative estimate of drug-likeness (QED) is 0.930. The Morgan fingerprint density at radius 1 is 1.59 bits per heavy atom. The molecule has 92 valence electrons.